The number of aliphatic imine (C=N–C) groups is 1. The van der Waals surface area contributed by atoms with E-state index in [9.17, 15) is 4.39 Å². The third kappa shape index (κ3) is 2.02. The van der Waals surface area contributed by atoms with Gasteiger partial charge in [-0.2, -0.15) is 0 Å². The van der Waals surface area contributed by atoms with Crippen LogP contribution in [-0.4, -0.2) is 6.72 Å². The maximum absolute atomic E-state index is 12.5. The van der Waals surface area contributed by atoms with Crippen molar-refractivity contribution in [1.82, 2.24) is 0 Å². The van der Waals surface area contributed by atoms with Crippen molar-refractivity contribution in [2.24, 2.45) is 4.99 Å². The van der Waals surface area contributed by atoms with Gasteiger partial charge in [-0.25, -0.2) is 4.39 Å². The van der Waals surface area contributed by atoms with Crippen LogP contribution in [0.25, 0.3) is 0 Å². The molecule has 0 fully saturated rings. The van der Waals surface area contributed by atoms with Gasteiger partial charge in [-0.1, -0.05) is 17.7 Å². The fraction of sp³-hybridized carbons (Fsp3) is 0.125. The second-order valence-electron chi connectivity index (χ2n) is 2.12. The molecule has 0 aliphatic heterocycles. The van der Waals surface area contributed by atoms with Gasteiger partial charge in [-0.05, 0) is 24.4 Å². The summed E-state index contributed by atoms with van der Waals surface area (Å²) in [6.07, 6.45) is 0. The molecule has 1 aromatic carbocycles. The predicted octanol–water partition coefficient (Wildman–Crippen LogP) is 2.68. The average molecular weight is 172 g/mol. The molecular formula is C8H7ClFN. The smallest absolute Gasteiger partial charge is 0.124 e. The second kappa shape index (κ2) is 3.49. The first-order chi connectivity index (χ1) is 5.24. The fourth-order valence-electron chi connectivity index (χ4n) is 0.770. The maximum Gasteiger partial charge on any atom is 0.124 e. The first-order valence-corrected chi connectivity index (χ1v) is 3.48. The van der Waals surface area contributed by atoms with Gasteiger partial charge in [0.1, 0.15) is 5.82 Å². The molecule has 0 saturated heterocycles. The summed E-state index contributed by atoms with van der Waals surface area (Å²) in [6.45, 7) is 3.75. The van der Waals surface area contributed by atoms with Crippen LogP contribution in [0.1, 0.15) is 5.56 Å². The van der Waals surface area contributed by atoms with Crippen molar-refractivity contribution in [3.63, 3.8) is 0 Å². The van der Waals surface area contributed by atoms with Crippen molar-refractivity contribution in [3.05, 3.63) is 34.6 Å². The van der Waals surface area contributed by atoms with E-state index in [0.29, 0.717) is 11.6 Å². The highest BCUT2D eigenvalue weighted by atomic mass is 35.5. The summed E-state index contributed by atoms with van der Waals surface area (Å²) in [5, 5.41) is 0.400. The van der Waals surface area contributed by atoms with Crippen LogP contribution < -0.4 is 0 Å². The Hall–Kier alpha value is -0.890. The molecular weight excluding hydrogens is 165 g/mol. The molecule has 0 spiro atoms. The molecule has 3 heteroatoms. The molecule has 11 heavy (non-hydrogen) atoms. The Balaban J connectivity index is 2.98. The highest BCUT2D eigenvalue weighted by molar-refractivity contribution is 6.31. The van der Waals surface area contributed by atoms with Gasteiger partial charge >= 0.3 is 0 Å². The Bertz CT molecular complexity index is 273. The van der Waals surface area contributed by atoms with E-state index < -0.39 is 0 Å². The highest BCUT2D eigenvalue weighted by Crippen LogP contribution is 2.17. The molecule has 0 amide bonds. The molecule has 58 valence electrons. The summed E-state index contributed by atoms with van der Waals surface area (Å²) in [6, 6.07) is 4.22. The average Bonchev–Trinajstić information content (AvgIpc) is 1.95. The van der Waals surface area contributed by atoms with E-state index >= 15 is 0 Å². The molecule has 0 bridgehead atoms. The van der Waals surface area contributed by atoms with E-state index in [0.717, 1.165) is 5.56 Å². The van der Waals surface area contributed by atoms with Crippen molar-refractivity contribution in [2.75, 3.05) is 0 Å². The minimum absolute atomic E-state index is 0.331. The van der Waals surface area contributed by atoms with Gasteiger partial charge in [0.05, 0.1) is 6.54 Å². The minimum atomic E-state index is -0.331. The molecule has 0 unspecified atom stereocenters. The highest BCUT2D eigenvalue weighted by Gasteiger charge is 1.99. The van der Waals surface area contributed by atoms with Crippen LogP contribution in [0.4, 0.5) is 4.39 Å². The Morgan fingerprint density at radius 1 is 1.55 bits per heavy atom. The number of hydrogen-bond donors (Lipinski definition) is 0. The van der Waals surface area contributed by atoms with Crippen molar-refractivity contribution in [2.45, 2.75) is 6.54 Å². The van der Waals surface area contributed by atoms with E-state index in [1.807, 2.05) is 0 Å². The van der Waals surface area contributed by atoms with Gasteiger partial charge in [-0.3, -0.25) is 4.99 Å². The van der Waals surface area contributed by atoms with E-state index in [1.54, 1.807) is 6.07 Å². The van der Waals surface area contributed by atoms with Crippen LogP contribution in [0, 0.1) is 5.82 Å². The summed E-state index contributed by atoms with van der Waals surface area (Å²) in [7, 11) is 0. The zero-order valence-corrected chi connectivity index (χ0v) is 6.61. The molecule has 1 rings (SSSR count). The third-order valence-corrected chi connectivity index (χ3v) is 1.65. The van der Waals surface area contributed by atoms with Crippen LogP contribution in [0.5, 0.6) is 0 Å². The molecule has 0 aliphatic carbocycles. The van der Waals surface area contributed by atoms with Crippen LogP contribution in [0.3, 0.4) is 0 Å². The van der Waals surface area contributed by atoms with Crippen molar-refractivity contribution >= 4 is 18.3 Å². The van der Waals surface area contributed by atoms with Crippen LogP contribution >= 0.6 is 11.6 Å². The lowest BCUT2D eigenvalue weighted by Crippen LogP contribution is -1.83. The molecule has 0 aromatic heterocycles. The largest absolute Gasteiger partial charge is 0.296 e. The van der Waals surface area contributed by atoms with Gasteiger partial charge in [0.15, 0.2) is 0 Å². The third-order valence-electron chi connectivity index (χ3n) is 1.30. The van der Waals surface area contributed by atoms with Crippen LogP contribution in [-0.2, 0) is 6.54 Å². The number of rotatable bonds is 2. The Morgan fingerprint density at radius 2 is 2.27 bits per heavy atom. The molecule has 0 aliphatic rings. The van der Waals surface area contributed by atoms with Crippen LogP contribution in [0.2, 0.25) is 5.02 Å². The standard InChI is InChI=1S/C8H7ClFN/c1-11-5-6-2-3-7(10)4-8(6)9/h2-4H,1,5H2. The Kier molecular flexibility index (Phi) is 2.60. The Morgan fingerprint density at radius 3 is 2.82 bits per heavy atom. The summed E-state index contributed by atoms with van der Waals surface area (Å²) in [4.78, 5) is 3.64. The van der Waals surface area contributed by atoms with Crippen molar-refractivity contribution < 1.29 is 4.39 Å². The monoisotopic (exact) mass is 171 g/mol. The predicted molar refractivity (Wildman–Crippen MR) is 44.7 cm³/mol. The number of halogens is 2. The topological polar surface area (TPSA) is 12.4 Å². The van der Waals surface area contributed by atoms with Gasteiger partial charge in [-0.15, -0.1) is 0 Å². The van der Waals surface area contributed by atoms with E-state index in [-0.39, 0.29) is 5.82 Å². The number of nitrogens with zero attached hydrogens (tertiary/aromatic N) is 1. The summed E-state index contributed by atoms with van der Waals surface area (Å²) < 4.78 is 12.5. The summed E-state index contributed by atoms with van der Waals surface area (Å²) in [5.74, 6) is -0.331. The van der Waals surface area contributed by atoms with E-state index in [1.165, 1.54) is 12.1 Å². The zero-order valence-electron chi connectivity index (χ0n) is 5.85. The lowest BCUT2D eigenvalue weighted by atomic mass is 10.2. The van der Waals surface area contributed by atoms with E-state index in [2.05, 4.69) is 11.7 Å². The first-order valence-electron chi connectivity index (χ1n) is 3.10. The quantitative estimate of drug-likeness (QED) is 0.607. The first kappa shape index (κ1) is 8.21. The van der Waals surface area contributed by atoms with Crippen molar-refractivity contribution in [1.29, 1.82) is 0 Å². The van der Waals surface area contributed by atoms with E-state index in [4.69, 9.17) is 11.6 Å². The summed E-state index contributed by atoms with van der Waals surface area (Å²) >= 11 is 5.68. The lowest BCUT2D eigenvalue weighted by molar-refractivity contribution is 0.627. The maximum atomic E-state index is 12.5. The SMILES string of the molecule is C=NCc1ccc(F)cc1Cl. The normalized spacial score (nSPS) is 9.64. The van der Waals surface area contributed by atoms with Crippen LogP contribution in [0.15, 0.2) is 23.2 Å². The molecule has 0 heterocycles. The van der Waals surface area contributed by atoms with Gasteiger partial charge in [0, 0.05) is 5.02 Å². The van der Waals surface area contributed by atoms with Gasteiger partial charge in [0.2, 0.25) is 0 Å². The minimum Gasteiger partial charge on any atom is -0.296 e. The van der Waals surface area contributed by atoms with Crippen molar-refractivity contribution in [3.8, 4) is 0 Å². The molecule has 0 radical (unpaired) electrons. The molecule has 1 aromatic rings. The molecule has 0 N–H and O–H groups in total. The molecule has 0 atom stereocenters. The van der Waals surface area contributed by atoms with Gasteiger partial charge in [0.25, 0.3) is 0 Å². The zero-order chi connectivity index (χ0) is 8.27. The number of hydrogen-bond acceptors (Lipinski definition) is 1. The summed E-state index contributed by atoms with van der Waals surface area (Å²) in [5.41, 5.74) is 0.795. The lowest BCUT2D eigenvalue weighted by Gasteiger charge is -1.98. The molecule has 1 nitrogen and oxygen atoms in total. The Labute approximate surface area is 69.5 Å². The van der Waals surface area contributed by atoms with Gasteiger partial charge < -0.3 is 0 Å². The fourth-order valence-corrected chi connectivity index (χ4v) is 0.997. The molecule has 0 saturated carbocycles. The second-order valence-corrected chi connectivity index (χ2v) is 2.52. The number of benzene rings is 1.